The number of ether oxygens (including phenoxy) is 3. The molecule has 1 aromatic heterocycles. The van der Waals surface area contributed by atoms with E-state index in [1.54, 1.807) is 30.7 Å². The first-order valence-electron chi connectivity index (χ1n) is 12.7. The topological polar surface area (TPSA) is 82.0 Å². The minimum Gasteiger partial charge on any atom is -0.494 e. The lowest BCUT2D eigenvalue weighted by Crippen LogP contribution is -2.41. The number of allylic oxidation sites excluding steroid dienone is 5. The first kappa shape index (κ1) is 30.8. The van der Waals surface area contributed by atoms with Crippen molar-refractivity contribution >= 4 is 22.8 Å². The van der Waals surface area contributed by atoms with Gasteiger partial charge in [-0.3, -0.25) is 9.69 Å². The molecule has 1 aliphatic rings. The summed E-state index contributed by atoms with van der Waals surface area (Å²) in [7, 11) is 4.48. The number of hydrogen-bond acceptors (Lipinski definition) is 6. The maximum absolute atomic E-state index is 14.1. The Morgan fingerprint density at radius 2 is 1.84 bits per heavy atom. The van der Waals surface area contributed by atoms with Gasteiger partial charge in [-0.1, -0.05) is 43.4 Å². The molecule has 8 nitrogen and oxygen atoms in total. The van der Waals surface area contributed by atoms with Crippen molar-refractivity contribution in [3.05, 3.63) is 65.7 Å². The predicted octanol–water partition coefficient (Wildman–Crippen LogP) is 4.32. The van der Waals surface area contributed by atoms with Crippen molar-refractivity contribution in [1.82, 2.24) is 14.8 Å². The van der Waals surface area contributed by atoms with Gasteiger partial charge in [-0.25, -0.2) is 9.18 Å². The first-order valence-corrected chi connectivity index (χ1v) is 12.7. The van der Waals surface area contributed by atoms with Crippen LogP contribution in [-0.2, 0) is 21.3 Å². The fourth-order valence-corrected chi connectivity index (χ4v) is 4.12. The van der Waals surface area contributed by atoms with Crippen molar-refractivity contribution in [2.24, 2.45) is 7.05 Å². The number of amides is 1. The second-order valence-corrected chi connectivity index (χ2v) is 8.69. The molecule has 3 rings (SSSR count). The lowest BCUT2D eigenvalue weighted by atomic mass is 10.1. The van der Waals surface area contributed by atoms with E-state index >= 15 is 0 Å². The number of nitrogens with zero attached hydrogens (tertiary/aromatic N) is 2. The lowest BCUT2D eigenvalue weighted by molar-refractivity contribution is -0.142. The minimum atomic E-state index is -0.876. The number of benzene rings is 1. The zero-order chi connectivity index (χ0) is 28.1. The molecule has 0 radical (unpaired) electrons. The zero-order valence-electron chi connectivity index (χ0n) is 23.3. The van der Waals surface area contributed by atoms with Gasteiger partial charge in [0.15, 0.2) is 0 Å². The number of likely N-dealkylation sites (N-methyl/N-ethyl adjacent to an activating group) is 1. The van der Waals surface area contributed by atoms with Gasteiger partial charge in [0.2, 0.25) is 0 Å². The van der Waals surface area contributed by atoms with Crippen LogP contribution in [0.25, 0.3) is 10.9 Å². The molecule has 2 heterocycles. The summed E-state index contributed by atoms with van der Waals surface area (Å²) in [5, 5.41) is 3.12. The van der Waals surface area contributed by atoms with Crippen LogP contribution in [0.1, 0.15) is 36.3 Å². The number of nitrogens with one attached hydrogen (secondary N) is 1. The summed E-state index contributed by atoms with van der Waals surface area (Å²) in [5.41, 5.74) is 1.51. The molecule has 208 valence electrons. The fraction of sp³-hybridized carbons (Fsp3) is 0.448. The molecular weight excluding hydrogens is 489 g/mol. The molecule has 2 aromatic rings. The maximum atomic E-state index is 14.1. The van der Waals surface area contributed by atoms with Crippen LogP contribution in [-0.4, -0.2) is 74.5 Å². The van der Waals surface area contributed by atoms with Gasteiger partial charge in [0.1, 0.15) is 17.6 Å². The third kappa shape index (κ3) is 8.29. The zero-order valence-corrected chi connectivity index (χ0v) is 23.3. The molecule has 1 aliphatic heterocycles. The molecule has 38 heavy (non-hydrogen) atoms. The molecule has 1 unspecified atom stereocenters. The van der Waals surface area contributed by atoms with E-state index in [2.05, 4.69) is 17.1 Å². The van der Waals surface area contributed by atoms with Gasteiger partial charge in [0, 0.05) is 37.3 Å². The lowest BCUT2D eigenvalue weighted by Gasteiger charge is -2.24. The number of halogens is 1. The Hall–Kier alpha value is -3.43. The Balaban J connectivity index is 0.000000538. The molecule has 0 spiro atoms. The van der Waals surface area contributed by atoms with E-state index < -0.39 is 23.7 Å². The molecule has 1 atom stereocenters. The van der Waals surface area contributed by atoms with Gasteiger partial charge in [0.05, 0.1) is 38.5 Å². The average Bonchev–Trinajstić information content (AvgIpc) is 3.18. The molecule has 9 heteroatoms. The average molecular weight is 530 g/mol. The Kier molecular flexibility index (Phi) is 12.8. The standard InChI is InChI=1S/C23H27FN2O4.C6H13NO/c1-6-7-8-9-10-11-12-18(23(28)30-5)25-22(27)20-15(2)26(3)21-17(20)13-16(24)14-19(21)29-4;1-2-7-3-5-8-6-4-7/h6-11,13-14,18H,12H2,1-5H3,(H,25,27);2-6H2,1H3/b7-6-,9-8-,11-10+;. The van der Waals surface area contributed by atoms with Crippen LogP contribution in [0.5, 0.6) is 5.75 Å². The van der Waals surface area contributed by atoms with Crippen molar-refractivity contribution < 1.29 is 28.2 Å². The summed E-state index contributed by atoms with van der Waals surface area (Å²) in [6.45, 7) is 11.1. The number of methoxy groups -OCH3 is 2. The molecular formula is C29H40FN3O5. The SMILES string of the molecule is CCN1CCOCC1.C\C=C/C=C\C=C\CC(NC(=O)c1c(C)n(C)c2c(OC)cc(F)cc12)C(=O)OC. The monoisotopic (exact) mass is 529 g/mol. The molecule has 0 bridgehead atoms. The number of aryl methyl sites for hydroxylation is 1. The number of aromatic nitrogens is 1. The summed E-state index contributed by atoms with van der Waals surface area (Å²) < 4.78 is 31.1. The normalized spacial score (nSPS) is 15.1. The number of fused-ring (bicyclic) bond motifs is 1. The van der Waals surface area contributed by atoms with Crippen molar-refractivity contribution in [3.63, 3.8) is 0 Å². The van der Waals surface area contributed by atoms with E-state index in [-0.39, 0.29) is 12.0 Å². The number of hydrogen-bond donors (Lipinski definition) is 1. The third-order valence-corrected chi connectivity index (χ3v) is 6.33. The molecule has 1 fully saturated rings. The molecule has 1 saturated heterocycles. The number of rotatable bonds is 9. The van der Waals surface area contributed by atoms with E-state index in [1.165, 1.54) is 32.9 Å². The number of carbonyl (C=O) groups excluding carboxylic acids is 2. The maximum Gasteiger partial charge on any atom is 0.328 e. The van der Waals surface area contributed by atoms with Gasteiger partial charge >= 0.3 is 5.97 Å². The van der Waals surface area contributed by atoms with E-state index in [4.69, 9.17) is 14.2 Å². The van der Waals surface area contributed by atoms with Crippen molar-refractivity contribution in [1.29, 1.82) is 0 Å². The van der Waals surface area contributed by atoms with E-state index in [1.807, 2.05) is 31.2 Å². The van der Waals surface area contributed by atoms with Crippen LogP contribution in [0.3, 0.4) is 0 Å². The van der Waals surface area contributed by atoms with Crippen LogP contribution in [0, 0.1) is 12.7 Å². The van der Waals surface area contributed by atoms with Crippen LogP contribution < -0.4 is 10.1 Å². The van der Waals surface area contributed by atoms with Crippen LogP contribution in [0.2, 0.25) is 0 Å². The van der Waals surface area contributed by atoms with Gasteiger partial charge < -0.3 is 24.1 Å². The fourth-order valence-electron chi connectivity index (χ4n) is 4.12. The molecule has 1 aromatic carbocycles. The Morgan fingerprint density at radius 3 is 2.42 bits per heavy atom. The van der Waals surface area contributed by atoms with E-state index in [0.717, 1.165) is 26.3 Å². The Morgan fingerprint density at radius 1 is 1.16 bits per heavy atom. The summed E-state index contributed by atoms with van der Waals surface area (Å²) >= 11 is 0. The highest BCUT2D eigenvalue weighted by Gasteiger charge is 2.26. The molecule has 0 aliphatic carbocycles. The number of morpholine rings is 1. The Bertz CT molecular complexity index is 1160. The summed E-state index contributed by atoms with van der Waals surface area (Å²) in [4.78, 5) is 27.6. The second kappa shape index (κ2) is 15.7. The second-order valence-electron chi connectivity index (χ2n) is 8.69. The van der Waals surface area contributed by atoms with Crippen molar-refractivity contribution in [2.75, 3.05) is 47.1 Å². The number of esters is 1. The smallest absolute Gasteiger partial charge is 0.328 e. The predicted molar refractivity (Wildman–Crippen MR) is 148 cm³/mol. The van der Waals surface area contributed by atoms with Crippen molar-refractivity contribution in [2.45, 2.75) is 33.2 Å². The first-order chi connectivity index (χ1) is 18.3. The van der Waals surface area contributed by atoms with Crippen molar-refractivity contribution in [3.8, 4) is 5.75 Å². The summed E-state index contributed by atoms with van der Waals surface area (Å²) in [6, 6.07) is 1.69. The molecule has 0 saturated carbocycles. The minimum absolute atomic E-state index is 0.250. The van der Waals surface area contributed by atoms with Gasteiger partial charge in [-0.05, 0) is 32.9 Å². The van der Waals surface area contributed by atoms with Gasteiger partial charge in [-0.15, -0.1) is 0 Å². The van der Waals surface area contributed by atoms with Crippen LogP contribution >= 0.6 is 0 Å². The molecule has 1 N–H and O–H groups in total. The highest BCUT2D eigenvalue weighted by Crippen LogP contribution is 2.33. The van der Waals surface area contributed by atoms with E-state index in [0.29, 0.717) is 22.3 Å². The van der Waals surface area contributed by atoms with Crippen LogP contribution in [0.15, 0.2) is 48.6 Å². The van der Waals surface area contributed by atoms with E-state index in [9.17, 15) is 14.0 Å². The molecule has 1 amide bonds. The quantitative estimate of drug-likeness (QED) is 0.385. The van der Waals surface area contributed by atoms with Gasteiger partial charge in [0.25, 0.3) is 5.91 Å². The highest BCUT2D eigenvalue weighted by molar-refractivity contribution is 6.10. The third-order valence-electron chi connectivity index (χ3n) is 6.33. The summed E-state index contributed by atoms with van der Waals surface area (Å²) in [5.74, 6) is -1.24. The Labute approximate surface area is 224 Å². The summed E-state index contributed by atoms with van der Waals surface area (Å²) in [6.07, 6.45) is 11.2. The van der Waals surface area contributed by atoms with Crippen LogP contribution in [0.4, 0.5) is 4.39 Å². The number of carbonyl (C=O) groups is 2. The van der Waals surface area contributed by atoms with Gasteiger partial charge in [-0.2, -0.15) is 0 Å². The largest absolute Gasteiger partial charge is 0.494 e. The highest BCUT2D eigenvalue weighted by atomic mass is 19.1.